The zero-order valence-corrected chi connectivity index (χ0v) is 23.2. The number of carbonyl (C=O) groups excluding carboxylic acids is 2. The molecule has 2 atom stereocenters. The van der Waals surface area contributed by atoms with Gasteiger partial charge in [-0.25, -0.2) is 14.8 Å². The Bertz CT molecular complexity index is 1520. The summed E-state index contributed by atoms with van der Waals surface area (Å²) >= 11 is 0. The van der Waals surface area contributed by atoms with E-state index in [1.54, 1.807) is 29.2 Å². The van der Waals surface area contributed by atoms with Gasteiger partial charge in [-0.05, 0) is 46.0 Å². The van der Waals surface area contributed by atoms with Crippen LogP contribution in [0.4, 0.5) is 4.79 Å². The van der Waals surface area contributed by atoms with E-state index in [2.05, 4.69) is 46.6 Å². The molecule has 6 rings (SSSR count). The Labute approximate surface area is 240 Å². The summed E-state index contributed by atoms with van der Waals surface area (Å²) in [5, 5.41) is 18.7. The molecule has 2 aliphatic rings. The molecule has 8 heteroatoms. The number of rotatable bonds is 6. The van der Waals surface area contributed by atoms with E-state index < -0.39 is 6.17 Å². The number of fused-ring (bicyclic) bond motifs is 2. The molecule has 0 saturated carbocycles. The van der Waals surface area contributed by atoms with Crippen LogP contribution < -0.4 is 5.32 Å². The Kier molecular flexibility index (Phi) is 7.59. The first-order chi connectivity index (χ1) is 20.0. The second-order valence-corrected chi connectivity index (χ2v) is 10.9. The second-order valence-electron chi connectivity index (χ2n) is 10.9. The molecule has 3 amide bonds. The first-order valence-electron chi connectivity index (χ1n) is 14.1. The smallest absolute Gasteiger partial charge is 0.334 e. The predicted octanol–water partition coefficient (Wildman–Crippen LogP) is 4.20. The molecule has 0 aliphatic carbocycles. The van der Waals surface area contributed by atoms with Crippen LogP contribution in [-0.4, -0.2) is 75.8 Å². The fraction of sp³-hybridized carbons (Fsp3) is 0.273. The van der Waals surface area contributed by atoms with Crippen molar-refractivity contribution < 1.29 is 14.7 Å². The number of aromatic hydroxyl groups is 1. The average molecular weight is 550 g/mol. The first kappa shape index (κ1) is 26.8. The van der Waals surface area contributed by atoms with Crippen molar-refractivity contribution in [1.82, 2.24) is 25.1 Å². The highest BCUT2D eigenvalue weighted by Gasteiger charge is 2.47. The van der Waals surface area contributed by atoms with E-state index in [1.807, 2.05) is 53.4 Å². The maximum absolute atomic E-state index is 13.7. The van der Waals surface area contributed by atoms with Crippen molar-refractivity contribution in [3.8, 4) is 5.75 Å². The minimum Gasteiger partial charge on any atom is -0.508 e. The van der Waals surface area contributed by atoms with E-state index in [0.29, 0.717) is 32.6 Å². The van der Waals surface area contributed by atoms with Crippen molar-refractivity contribution in [1.29, 1.82) is 0 Å². The number of piperazine rings is 1. The third kappa shape index (κ3) is 5.75. The Balaban J connectivity index is 1.30. The Morgan fingerprint density at radius 2 is 1.61 bits per heavy atom. The summed E-state index contributed by atoms with van der Waals surface area (Å²) in [6.45, 7) is 2.45. The van der Waals surface area contributed by atoms with Gasteiger partial charge >= 0.3 is 6.03 Å². The largest absolute Gasteiger partial charge is 0.508 e. The molecule has 4 aromatic rings. The highest BCUT2D eigenvalue weighted by Crippen LogP contribution is 2.29. The van der Waals surface area contributed by atoms with Crippen molar-refractivity contribution in [3.63, 3.8) is 0 Å². The Hall–Kier alpha value is -4.40. The molecule has 2 N–H and O–H groups in total. The highest BCUT2D eigenvalue weighted by atomic mass is 16.3. The van der Waals surface area contributed by atoms with Gasteiger partial charge in [-0.15, -0.1) is 0 Å². The van der Waals surface area contributed by atoms with Crippen molar-refractivity contribution >= 4 is 22.7 Å². The lowest BCUT2D eigenvalue weighted by Gasteiger charge is -2.55. The molecule has 210 valence electrons. The van der Waals surface area contributed by atoms with E-state index in [0.717, 1.165) is 11.1 Å². The second kappa shape index (κ2) is 11.6. The van der Waals surface area contributed by atoms with Gasteiger partial charge in [0.15, 0.2) is 0 Å². The standard InChI is InChI=1S/C33H35N5O3/c1-35-23-32(40)37-28(18-24-14-16-29(39)17-15-24)21-36(20-27-12-7-11-26-10-5-6-13-30(26)27)22-31(37)38(35)33(41)34-19-25-8-3-2-4-9-25/h2-17,28,31,39H,18-23H2,1H3,(H,34,41)/t28-,31?/m0/s1. The molecule has 2 aliphatic heterocycles. The van der Waals surface area contributed by atoms with Crippen molar-refractivity contribution in [2.24, 2.45) is 0 Å². The number of carbonyl (C=O) groups is 2. The zero-order chi connectivity index (χ0) is 28.3. The molecule has 0 bridgehead atoms. The van der Waals surface area contributed by atoms with E-state index in [9.17, 15) is 14.7 Å². The van der Waals surface area contributed by atoms with Gasteiger partial charge in [0, 0.05) is 33.2 Å². The Morgan fingerprint density at radius 1 is 0.878 bits per heavy atom. The van der Waals surface area contributed by atoms with E-state index in [-0.39, 0.29) is 30.3 Å². The monoisotopic (exact) mass is 549 g/mol. The molecule has 8 nitrogen and oxygen atoms in total. The van der Waals surface area contributed by atoms with Crippen LogP contribution in [0.2, 0.25) is 0 Å². The minimum atomic E-state index is -0.456. The van der Waals surface area contributed by atoms with Crippen molar-refractivity contribution in [3.05, 3.63) is 114 Å². The highest BCUT2D eigenvalue weighted by molar-refractivity contribution is 5.86. The SMILES string of the molecule is CN1CC(=O)N2C(CN(Cc3cccc4ccccc34)C[C@@H]2Cc2ccc(O)cc2)N1C(=O)NCc1ccccc1. The van der Waals surface area contributed by atoms with Crippen LogP contribution in [-0.2, 0) is 24.3 Å². The van der Waals surface area contributed by atoms with Crippen LogP contribution >= 0.6 is 0 Å². The molecule has 0 radical (unpaired) electrons. The third-order valence-electron chi connectivity index (χ3n) is 8.08. The molecule has 0 spiro atoms. The molecule has 2 fully saturated rings. The van der Waals surface area contributed by atoms with Crippen LogP contribution in [0.3, 0.4) is 0 Å². The van der Waals surface area contributed by atoms with Gasteiger partial charge in [0.25, 0.3) is 0 Å². The number of nitrogens with zero attached hydrogens (tertiary/aromatic N) is 4. The van der Waals surface area contributed by atoms with Crippen LogP contribution in [0, 0.1) is 0 Å². The number of hydrogen-bond acceptors (Lipinski definition) is 5. The molecule has 41 heavy (non-hydrogen) atoms. The lowest BCUT2D eigenvalue weighted by molar-refractivity contribution is -0.180. The maximum Gasteiger partial charge on any atom is 0.334 e. The zero-order valence-electron chi connectivity index (χ0n) is 23.2. The summed E-state index contributed by atoms with van der Waals surface area (Å²) in [5.74, 6) is 0.225. The van der Waals surface area contributed by atoms with Gasteiger partial charge in [-0.3, -0.25) is 9.69 Å². The molecular weight excluding hydrogens is 514 g/mol. The summed E-state index contributed by atoms with van der Waals surface area (Å²) in [7, 11) is 1.80. The average Bonchev–Trinajstić information content (AvgIpc) is 2.98. The number of likely N-dealkylation sites (N-methyl/N-ethyl adjacent to an activating group) is 1. The summed E-state index contributed by atoms with van der Waals surface area (Å²) in [4.78, 5) is 31.5. The molecule has 4 aromatic carbocycles. The summed E-state index contributed by atoms with van der Waals surface area (Å²) in [6.07, 6.45) is 0.167. The van der Waals surface area contributed by atoms with Crippen molar-refractivity contribution in [2.45, 2.75) is 31.7 Å². The molecule has 0 aromatic heterocycles. The van der Waals surface area contributed by atoms with E-state index in [4.69, 9.17) is 0 Å². The molecular formula is C33H35N5O3. The normalized spacial score (nSPS) is 19.8. The number of urea groups is 1. The van der Waals surface area contributed by atoms with Gasteiger partial charge in [0.05, 0.1) is 12.6 Å². The Morgan fingerprint density at radius 3 is 2.41 bits per heavy atom. The quantitative estimate of drug-likeness (QED) is 0.377. The molecule has 2 heterocycles. The number of hydrogen-bond donors (Lipinski definition) is 2. The van der Waals surface area contributed by atoms with Gasteiger partial charge in [0.1, 0.15) is 11.9 Å². The molecule has 1 unspecified atom stereocenters. The van der Waals surface area contributed by atoms with Crippen molar-refractivity contribution in [2.75, 3.05) is 26.7 Å². The fourth-order valence-corrected chi connectivity index (χ4v) is 6.18. The summed E-state index contributed by atoms with van der Waals surface area (Å²) < 4.78 is 0. The van der Waals surface area contributed by atoms with Crippen LogP contribution in [0.5, 0.6) is 5.75 Å². The minimum absolute atomic E-state index is 0.0122. The summed E-state index contributed by atoms with van der Waals surface area (Å²) in [6, 6.07) is 31.4. The predicted molar refractivity (Wildman–Crippen MR) is 159 cm³/mol. The van der Waals surface area contributed by atoms with Gasteiger partial charge in [-0.2, -0.15) is 0 Å². The van der Waals surface area contributed by atoms with Crippen LogP contribution in [0.1, 0.15) is 16.7 Å². The molecule has 2 saturated heterocycles. The summed E-state index contributed by atoms with van der Waals surface area (Å²) in [5.41, 5.74) is 3.26. The number of phenolic OH excluding ortho intramolecular Hbond substituents is 1. The topological polar surface area (TPSA) is 79.4 Å². The maximum atomic E-state index is 13.7. The van der Waals surface area contributed by atoms with Gasteiger partial charge in [0.2, 0.25) is 5.91 Å². The number of hydrazine groups is 1. The third-order valence-corrected chi connectivity index (χ3v) is 8.08. The van der Waals surface area contributed by atoms with Gasteiger partial charge < -0.3 is 15.3 Å². The lowest BCUT2D eigenvalue weighted by Crippen LogP contribution is -2.74. The first-order valence-corrected chi connectivity index (χ1v) is 14.1. The van der Waals surface area contributed by atoms with E-state index in [1.165, 1.54) is 16.3 Å². The van der Waals surface area contributed by atoms with Gasteiger partial charge in [-0.1, -0.05) is 84.9 Å². The lowest BCUT2D eigenvalue weighted by atomic mass is 9.98. The number of amides is 3. The van der Waals surface area contributed by atoms with Crippen LogP contribution in [0.25, 0.3) is 10.8 Å². The van der Waals surface area contributed by atoms with Crippen LogP contribution in [0.15, 0.2) is 97.1 Å². The number of benzene rings is 4. The number of nitrogens with one attached hydrogen (secondary N) is 1. The van der Waals surface area contributed by atoms with E-state index >= 15 is 0 Å². The number of phenols is 1. The fourth-order valence-electron chi connectivity index (χ4n) is 6.18.